The van der Waals surface area contributed by atoms with Crippen LogP contribution >= 0.6 is 11.6 Å². The number of hydrogen-bond acceptors (Lipinski definition) is 4. The van der Waals surface area contributed by atoms with E-state index in [1.807, 2.05) is 48.5 Å². The van der Waals surface area contributed by atoms with Crippen LogP contribution in [0.2, 0.25) is 5.02 Å². The number of nitrogens with one attached hydrogen (secondary N) is 2. The molecule has 0 unspecified atom stereocenters. The van der Waals surface area contributed by atoms with E-state index in [-0.39, 0.29) is 28.5 Å². The molecule has 0 aliphatic carbocycles. The molecule has 174 valence electrons. The van der Waals surface area contributed by atoms with E-state index in [0.29, 0.717) is 29.3 Å². The lowest BCUT2D eigenvalue weighted by Crippen LogP contribution is -2.36. The largest absolute Gasteiger partial charge is 0.352 e. The molecule has 8 heteroatoms. The molecule has 2 aromatic carbocycles. The van der Waals surface area contributed by atoms with Gasteiger partial charge in [-0.25, -0.2) is 4.98 Å². The van der Waals surface area contributed by atoms with Gasteiger partial charge < -0.3 is 9.88 Å². The van der Waals surface area contributed by atoms with Gasteiger partial charge in [0.15, 0.2) is 0 Å². The van der Waals surface area contributed by atoms with Gasteiger partial charge in [-0.15, -0.1) is 0 Å². The first-order valence-corrected chi connectivity index (χ1v) is 11.6. The predicted octanol–water partition coefficient (Wildman–Crippen LogP) is 3.80. The van der Waals surface area contributed by atoms with Crippen LogP contribution in [0.4, 0.5) is 0 Å². The molecule has 35 heavy (non-hydrogen) atoms. The third-order valence-electron chi connectivity index (χ3n) is 5.89. The first-order valence-electron chi connectivity index (χ1n) is 11.2. The molecule has 2 N–H and O–H groups in total. The smallest absolute Gasteiger partial charge is 0.267 e. The van der Waals surface area contributed by atoms with Crippen molar-refractivity contribution in [2.75, 3.05) is 6.54 Å². The van der Waals surface area contributed by atoms with Crippen molar-refractivity contribution in [2.24, 2.45) is 0 Å². The van der Waals surface area contributed by atoms with Gasteiger partial charge in [-0.05, 0) is 41.8 Å². The fraction of sp³-hybridized carbons (Fsp3) is 0.111. The van der Waals surface area contributed by atoms with E-state index in [9.17, 15) is 9.59 Å². The number of rotatable bonds is 6. The summed E-state index contributed by atoms with van der Waals surface area (Å²) in [5.41, 5.74) is 2.39. The lowest BCUT2D eigenvalue weighted by molar-refractivity contribution is 0.0951. The summed E-state index contributed by atoms with van der Waals surface area (Å²) in [6, 6.07) is 23.9. The molecule has 0 bridgehead atoms. The Kier molecular flexibility index (Phi) is 6.16. The minimum Gasteiger partial charge on any atom is -0.352 e. The topological polar surface area (TPSA) is 92.2 Å². The van der Waals surface area contributed by atoms with Crippen LogP contribution in [0.5, 0.6) is 0 Å². The monoisotopic (exact) mass is 483 g/mol. The molecular weight excluding hydrogens is 462 g/mol. The maximum Gasteiger partial charge on any atom is 0.267 e. The van der Waals surface area contributed by atoms with Crippen LogP contribution in [-0.4, -0.2) is 26.4 Å². The van der Waals surface area contributed by atoms with Crippen LogP contribution in [0.15, 0.2) is 89.9 Å². The summed E-state index contributed by atoms with van der Waals surface area (Å²) in [4.78, 5) is 31.1. The van der Waals surface area contributed by atoms with Gasteiger partial charge in [0.05, 0.1) is 17.5 Å². The van der Waals surface area contributed by atoms with Crippen LogP contribution in [0.25, 0.3) is 16.7 Å². The summed E-state index contributed by atoms with van der Waals surface area (Å²) < 4.78 is 3.00. The van der Waals surface area contributed by atoms with Crippen molar-refractivity contribution in [3.63, 3.8) is 0 Å². The number of nitrogens with zero attached hydrogens (tertiary/aromatic N) is 3. The van der Waals surface area contributed by atoms with Gasteiger partial charge in [0.25, 0.3) is 11.5 Å². The second kappa shape index (κ2) is 9.56. The highest BCUT2D eigenvalue weighted by atomic mass is 35.5. The molecule has 7 nitrogen and oxygen atoms in total. The summed E-state index contributed by atoms with van der Waals surface area (Å²) >= 11 is 6.39. The first-order chi connectivity index (χ1) is 17.0. The number of hydrogen-bond donors (Lipinski definition) is 2. The number of fused-ring (bicyclic) bond motifs is 2. The average Bonchev–Trinajstić information content (AvgIpc) is 2.87. The SMILES string of the molecule is N=c1c(C(=O)NCCc2ccccc2)cc2c(=O)n3ccccc3nc2n1Cc1ccccc1Cl. The Hall–Kier alpha value is -4.23. The standard InChI is InChI=1S/C27H22ClN5O2/c28-22-11-5-4-10-19(22)17-33-24(29)20(26(34)30-14-13-18-8-2-1-3-9-18)16-21-25(33)31-23-12-6-7-15-32(23)27(21)35/h1-12,15-16,29H,13-14,17H2,(H,30,34). The fourth-order valence-corrected chi connectivity index (χ4v) is 4.27. The Morgan fingerprint density at radius 3 is 2.54 bits per heavy atom. The molecule has 0 aliphatic rings. The lowest BCUT2D eigenvalue weighted by atomic mass is 10.1. The minimum atomic E-state index is -0.418. The quantitative estimate of drug-likeness (QED) is 0.360. The Labute approximate surface area is 205 Å². The van der Waals surface area contributed by atoms with Crippen molar-refractivity contribution >= 4 is 34.2 Å². The third kappa shape index (κ3) is 4.46. The van der Waals surface area contributed by atoms with Crippen molar-refractivity contribution in [1.82, 2.24) is 19.3 Å². The Balaban J connectivity index is 1.61. The zero-order valence-electron chi connectivity index (χ0n) is 18.7. The first kappa shape index (κ1) is 22.6. The summed E-state index contributed by atoms with van der Waals surface area (Å²) in [5, 5.41) is 12.5. The van der Waals surface area contributed by atoms with Gasteiger partial charge in [-0.1, -0.05) is 66.2 Å². The van der Waals surface area contributed by atoms with E-state index in [1.54, 1.807) is 35.0 Å². The molecule has 0 spiro atoms. The number of carbonyl (C=O) groups excluding carboxylic acids is 1. The maximum atomic E-state index is 13.3. The number of halogens is 1. The number of benzene rings is 2. The van der Waals surface area contributed by atoms with Gasteiger partial charge >= 0.3 is 0 Å². The summed E-state index contributed by atoms with van der Waals surface area (Å²) in [6.45, 7) is 0.593. The summed E-state index contributed by atoms with van der Waals surface area (Å²) in [6.07, 6.45) is 2.29. The molecule has 5 rings (SSSR count). The van der Waals surface area contributed by atoms with E-state index < -0.39 is 5.91 Å². The molecule has 3 heterocycles. The highest BCUT2D eigenvalue weighted by Crippen LogP contribution is 2.18. The zero-order valence-corrected chi connectivity index (χ0v) is 19.5. The zero-order chi connectivity index (χ0) is 24.4. The maximum absolute atomic E-state index is 13.3. The van der Waals surface area contributed by atoms with Crippen molar-refractivity contribution in [3.05, 3.63) is 123 Å². The van der Waals surface area contributed by atoms with Crippen molar-refractivity contribution in [1.29, 1.82) is 5.41 Å². The summed E-state index contributed by atoms with van der Waals surface area (Å²) in [5.74, 6) is -0.418. The molecule has 3 aromatic heterocycles. The van der Waals surface area contributed by atoms with Crippen LogP contribution in [-0.2, 0) is 13.0 Å². The van der Waals surface area contributed by atoms with Gasteiger partial charge in [0.2, 0.25) is 0 Å². The lowest BCUT2D eigenvalue weighted by Gasteiger charge is -2.15. The molecule has 1 amide bonds. The number of aromatic nitrogens is 3. The molecular formula is C27H22ClN5O2. The third-order valence-corrected chi connectivity index (χ3v) is 6.26. The Bertz CT molecular complexity index is 1680. The summed E-state index contributed by atoms with van der Waals surface area (Å²) in [7, 11) is 0. The second-order valence-corrected chi connectivity index (χ2v) is 8.57. The number of carbonyl (C=O) groups is 1. The van der Waals surface area contributed by atoms with Gasteiger partial charge in [0, 0.05) is 17.8 Å². The molecule has 0 saturated heterocycles. The van der Waals surface area contributed by atoms with Gasteiger partial charge in [-0.3, -0.25) is 19.4 Å². The second-order valence-electron chi connectivity index (χ2n) is 8.16. The molecule has 0 aliphatic heterocycles. The van der Waals surface area contributed by atoms with Crippen LogP contribution < -0.4 is 16.4 Å². The normalized spacial score (nSPS) is 11.1. The van der Waals surface area contributed by atoms with Crippen LogP contribution in [0.1, 0.15) is 21.5 Å². The molecule has 0 radical (unpaired) electrons. The fourth-order valence-electron chi connectivity index (χ4n) is 4.07. The highest BCUT2D eigenvalue weighted by molar-refractivity contribution is 6.31. The van der Waals surface area contributed by atoms with E-state index in [4.69, 9.17) is 17.0 Å². The van der Waals surface area contributed by atoms with Crippen molar-refractivity contribution in [2.45, 2.75) is 13.0 Å². The van der Waals surface area contributed by atoms with E-state index in [1.165, 1.54) is 10.5 Å². The predicted molar refractivity (Wildman–Crippen MR) is 136 cm³/mol. The van der Waals surface area contributed by atoms with E-state index >= 15 is 0 Å². The number of amides is 1. The van der Waals surface area contributed by atoms with Crippen molar-refractivity contribution in [3.8, 4) is 0 Å². The van der Waals surface area contributed by atoms with Gasteiger partial charge in [0.1, 0.15) is 16.8 Å². The molecule has 5 aromatic rings. The van der Waals surface area contributed by atoms with E-state index in [2.05, 4.69) is 10.3 Å². The minimum absolute atomic E-state index is 0.0400. The van der Waals surface area contributed by atoms with Crippen LogP contribution in [0, 0.1) is 5.41 Å². The Morgan fingerprint density at radius 1 is 1.00 bits per heavy atom. The Morgan fingerprint density at radius 2 is 1.74 bits per heavy atom. The highest BCUT2D eigenvalue weighted by Gasteiger charge is 2.18. The van der Waals surface area contributed by atoms with Gasteiger partial charge in [-0.2, -0.15) is 0 Å². The number of pyridine rings is 2. The average molecular weight is 484 g/mol. The molecule has 0 fully saturated rings. The van der Waals surface area contributed by atoms with E-state index in [0.717, 1.165) is 11.1 Å². The molecule has 0 saturated carbocycles. The molecule has 0 atom stereocenters. The van der Waals surface area contributed by atoms with Crippen LogP contribution in [0.3, 0.4) is 0 Å². The van der Waals surface area contributed by atoms with Crippen molar-refractivity contribution < 1.29 is 4.79 Å².